The lowest BCUT2D eigenvalue weighted by Gasteiger charge is -2.06. The Kier molecular flexibility index (Phi) is 2.75. The van der Waals surface area contributed by atoms with Crippen molar-refractivity contribution in [2.24, 2.45) is 0 Å². The Balaban J connectivity index is 2.96. The number of terminal acetylenes is 1. The summed E-state index contributed by atoms with van der Waals surface area (Å²) in [5, 5.41) is 0. The molecular weight excluding hydrogens is 193 g/mol. The number of rotatable bonds is 1. The van der Waals surface area contributed by atoms with Gasteiger partial charge in [0, 0.05) is 0 Å². The highest BCUT2D eigenvalue weighted by Gasteiger charge is 2.32. The van der Waals surface area contributed by atoms with Crippen molar-refractivity contribution in [1.29, 1.82) is 0 Å². The molecule has 2 nitrogen and oxygen atoms in total. The average Bonchev–Trinajstić information content (AvgIpc) is 2.15. The first kappa shape index (κ1) is 10.5. The molecule has 0 aliphatic heterocycles. The number of aromatic nitrogens is 2. The molecule has 74 valence electrons. The van der Waals surface area contributed by atoms with Crippen LogP contribution in [0.5, 0.6) is 0 Å². The lowest BCUT2D eigenvalue weighted by molar-refractivity contribution is -0.141. The predicted octanol–water partition coefficient (Wildman–Crippen LogP) is 2.23. The van der Waals surface area contributed by atoms with Gasteiger partial charge in [0.2, 0.25) is 0 Å². The highest BCUT2D eigenvalue weighted by molar-refractivity contribution is 5.16. The Bertz CT molecular complexity index is 348. The van der Waals surface area contributed by atoms with E-state index in [0.717, 1.165) is 6.20 Å². The average molecular weight is 200 g/mol. The van der Waals surface area contributed by atoms with Gasteiger partial charge >= 0.3 is 6.18 Å². The maximum absolute atomic E-state index is 12.1. The van der Waals surface area contributed by atoms with E-state index < -0.39 is 11.9 Å². The zero-order valence-corrected chi connectivity index (χ0v) is 7.34. The third-order valence-electron chi connectivity index (χ3n) is 1.66. The van der Waals surface area contributed by atoms with Gasteiger partial charge in [-0.25, -0.2) is 4.98 Å². The summed E-state index contributed by atoms with van der Waals surface area (Å²) in [5.74, 6) is 2.03. The number of halogens is 3. The molecule has 0 aromatic carbocycles. The normalized spacial score (nSPS) is 13.4. The van der Waals surface area contributed by atoms with Crippen LogP contribution in [0, 0.1) is 12.3 Å². The predicted molar refractivity (Wildman–Crippen MR) is 44.3 cm³/mol. The molecule has 0 N–H and O–H groups in total. The molecular formula is C9H7F3N2. The molecule has 0 fully saturated rings. The summed E-state index contributed by atoms with van der Waals surface area (Å²) in [6.45, 7) is 1.66. The van der Waals surface area contributed by atoms with Crippen LogP contribution in [-0.4, -0.2) is 9.97 Å². The van der Waals surface area contributed by atoms with E-state index in [2.05, 4.69) is 15.9 Å². The van der Waals surface area contributed by atoms with E-state index in [-0.39, 0.29) is 5.92 Å². The van der Waals surface area contributed by atoms with Gasteiger partial charge in [-0.15, -0.1) is 6.42 Å². The first-order valence-corrected chi connectivity index (χ1v) is 3.80. The Morgan fingerprint density at radius 3 is 2.36 bits per heavy atom. The molecule has 5 heteroatoms. The minimum Gasteiger partial charge on any atom is -0.256 e. The van der Waals surface area contributed by atoms with E-state index in [1.807, 2.05) is 0 Å². The van der Waals surface area contributed by atoms with Gasteiger partial charge in [0.1, 0.15) is 0 Å². The van der Waals surface area contributed by atoms with Gasteiger partial charge < -0.3 is 0 Å². The second-order valence-electron chi connectivity index (χ2n) is 2.71. The molecule has 1 atom stereocenters. The molecule has 14 heavy (non-hydrogen) atoms. The van der Waals surface area contributed by atoms with Crippen LogP contribution < -0.4 is 0 Å². The van der Waals surface area contributed by atoms with Crippen LogP contribution in [0.2, 0.25) is 0 Å². The number of nitrogens with zero attached hydrogens (tertiary/aromatic N) is 2. The summed E-state index contributed by atoms with van der Waals surface area (Å²) in [7, 11) is 0. The molecule has 0 saturated carbocycles. The summed E-state index contributed by atoms with van der Waals surface area (Å²) < 4.78 is 36.2. The fourth-order valence-corrected chi connectivity index (χ4v) is 0.793. The van der Waals surface area contributed by atoms with Gasteiger partial charge in [-0.2, -0.15) is 13.2 Å². The van der Waals surface area contributed by atoms with Crippen LogP contribution in [0.1, 0.15) is 24.2 Å². The second kappa shape index (κ2) is 3.66. The Labute approximate surface area is 79.2 Å². The number of hydrogen-bond acceptors (Lipinski definition) is 2. The molecule has 0 aliphatic carbocycles. The van der Waals surface area contributed by atoms with Gasteiger partial charge in [-0.1, -0.05) is 5.92 Å². The highest BCUT2D eigenvalue weighted by Crippen LogP contribution is 2.26. The maximum Gasteiger partial charge on any atom is 0.434 e. The topological polar surface area (TPSA) is 25.8 Å². The van der Waals surface area contributed by atoms with Crippen molar-refractivity contribution in [3.63, 3.8) is 0 Å². The molecule has 0 spiro atoms. The summed E-state index contributed by atoms with van der Waals surface area (Å²) in [5.41, 5.74) is -0.647. The van der Waals surface area contributed by atoms with Gasteiger partial charge in [-0.05, 0) is 6.92 Å². The van der Waals surface area contributed by atoms with Crippen molar-refractivity contribution in [2.75, 3.05) is 0 Å². The molecule has 1 aromatic rings. The van der Waals surface area contributed by atoms with Crippen LogP contribution in [-0.2, 0) is 6.18 Å². The van der Waals surface area contributed by atoms with Crippen LogP contribution >= 0.6 is 0 Å². The lowest BCUT2D eigenvalue weighted by Crippen LogP contribution is -2.09. The van der Waals surface area contributed by atoms with E-state index in [4.69, 9.17) is 6.42 Å². The largest absolute Gasteiger partial charge is 0.434 e. The van der Waals surface area contributed by atoms with E-state index in [0.29, 0.717) is 11.9 Å². The zero-order valence-electron chi connectivity index (χ0n) is 7.34. The summed E-state index contributed by atoms with van der Waals surface area (Å²) in [6.07, 6.45) is 2.37. The van der Waals surface area contributed by atoms with Crippen molar-refractivity contribution in [1.82, 2.24) is 9.97 Å². The fourth-order valence-electron chi connectivity index (χ4n) is 0.793. The highest BCUT2D eigenvalue weighted by atomic mass is 19.4. The molecule has 0 amide bonds. The Morgan fingerprint density at radius 1 is 1.36 bits per heavy atom. The molecule has 0 bridgehead atoms. The molecule has 0 radical (unpaired) electrons. The number of hydrogen-bond donors (Lipinski definition) is 0. The third-order valence-corrected chi connectivity index (χ3v) is 1.66. The van der Waals surface area contributed by atoms with Crippen LogP contribution in [0.3, 0.4) is 0 Å². The molecule has 0 saturated heterocycles. The quantitative estimate of drug-likeness (QED) is 0.649. The summed E-state index contributed by atoms with van der Waals surface area (Å²) >= 11 is 0. The van der Waals surface area contributed by atoms with Crippen LogP contribution in [0.15, 0.2) is 12.4 Å². The van der Waals surface area contributed by atoms with Crippen LogP contribution in [0.25, 0.3) is 0 Å². The van der Waals surface area contributed by atoms with Gasteiger partial charge in [0.05, 0.1) is 24.0 Å². The third kappa shape index (κ3) is 2.22. The van der Waals surface area contributed by atoms with Crippen LogP contribution in [0.4, 0.5) is 13.2 Å². The molecule has 0 unspecified atom stereocenters. The zero-order chi connectivity index (χ0) is 10.8. The van der Waals surface area contributed by atoms with Crippen molar-refractivity contribution in [3.05, 3.63) is 23.8 Å². The van der Waals surface area contributed by atoms with Crippen molar-refractivity contribution >= 4 is 0 Å². The van der Waals surface area contributed by atoms with Gasteiger partial charge in [0.25, 0.3) is 0 Å². The SMILES string of the molecule is C#C[C@@H](C)c1cnc(C(F)(F)F)cn1. The first-order chi connectivity index (χ1) is 6.45. The monoisotopic (exact) mass is 200 g/mol. The van der Waals surface area contributed by atoms with Crippen molar-refractivity contribution < 1.29 is 13.2 Å². The van der Waals surface area contributed by atoms with E-state index in [1.54, 1.807) is 6.92 Å². The molecule has 0 aliphatic rings. The van der Waals surface area contributed by atoms with Gasteiger partial charge in [0.15, 0.2) is 5.69 Å². The smallest absolute Gasteiger partial charge is 0.256 e. The first-order valence-electron chi connectivity index (χ1n) is 3.80. The summed E-state index contributed by atoms with van der Waals surface area (Å²) in [6, 6.07) is 0. The van der Waals surface area contributed by atoms with Gasteiger partial charge in [-0.3, -0.25) is 4.98 Å². The maximum atomic E-state index is 12.1. The Morgan fingerprint density at radius 2 is 2.00 bits per heavy atom. The summed E-state index contributed by atoms with van der Waals surface area (Å²) in [4.78, 5) is 6.83. The second-order valence-corrected chi connectivity index (χ2v) is 2.71. The minimum absolute atomic E-state index is 0.329. The van der Waals surface area contributed by atoms with E-state index in [1.165, 1.54) is 0 Å². The van der Waals surface area contributed by atoms with E-state index in [9.17, 15) is 13.2 Å². The standard InChI is InChI=1S/C9H7F3N2/c1-3-6(2)7-4-14-8(5-13-7)9(10,11)12/h1,4-6H,2H3/t6-/m1/s1. The molecule has 1 aromatic heterocycles. The number of alkyl halides is 3. The van der Waals surface area contributed by atoms with Crippen molar-refractivity contribution in [3.8, 4) is 12.3 Å². The van der Waals surface area contributed by atoms with E-state index >= 15 is 0 Å². The Hall–Kier alpha value is -1.57. The molecule has 1 rings (SSSR count). The molecule has 1 heterocycles. The fraction of sp³-hybridized carbons (Fsp3) is 0.333. The lowest BCUT2D eigenvalue weighted by atomic mass is 10.1. The van der Waals surface area contributed by atoms with Crippen molar-refractivity contribution in [2.45, 2.75) is 19.0 Å². The minimum atomic E-state index is -4.45.